The molecule has 0 spiro atoms. The lowest BCUT2D eigenvalue weighted by Crippen LogP contribution is -2.29. The van der Waals surface area contributed by atoms with E-state index in [9.17, 15) is 22.8 Å². The van der Waals surface area contributed by atoms with Crippen molar-refractivity contribution >= 4 is 11.0 Å². The summed E-state index contributed by atoms with van der Waals surface area (Å²) in [6.45, 7) is 5.55. The predicted octanol–water partition coefficient (Wildman–Crippen LogP) is 2.57. The highest BCUT2D eigenvalue weighted by molar-refractivity contribution is 5.81. The van der Waals surface area contributed by atoms with Crippen molar-refractivity contribution in [3.8, 4) is 11.5 Å². The van der Waals surface area contributed by atoms with Crippen molar-refractivity contribution < 1.29 is 13.2 Å². The molecule has 1 aromatic carbocycles. The maximum atomic E-state index is 13.2. The highest BCUT2D eigenvalue weighted by Gasteiger charge is 2.33. The zero-order valence-corrected chi connectivity index (χ0v) is 13.7. The minimum absolute atomic E-state index is 0.0250. The van der Waals surface area contributed by atoms with E-state index in [4.69, 9.17) is 0 Å². The monoisotopic (exact) mass is 352 g/mol. The standard InChI is InChI=1S/C16H15F3N4O2/c1-7(2)6-23-11-4-8(3)9(16(17,18)19)5-10(11)20-12-13(23)21-15(25)22-14(12)24/h4-5,7H,6H2,1-3H3,(H,22,24,25). The van der Waals surface area contributed by atoms with Crippen LogP contribution in [0.1, 0.15) is 25.0 Å². The molecule has 0 fully saturated rings. The molecule has 2 aliphatic heterocycles. The first-order chi connectivity index (χ1) is 11.6. The van der Waals surface area contributed by atoms with Crippen molar-refractivity contribution in [3.63, 3.8) is 0 Å². The summed E-state index contributed by atoms with van der Waals surface area (Å²) in [7, 11) is 0. The molecule has 0 unspecified atom stereocenters. The van der Waals surface area contributed by atoms with E-state index in [2.05, 4.69) is 9.97 Å². The Hall–Kier alpha value is -2.71. The zero-order valence-electron chi connectivity index (χ0n) is 13.7. The Morgan fingerprint density at radius 2 is 1.88 bits per heavy atom. The number of rotatable bonds is 2. The molecule has 0 aromatic heterocycles. The van der Waals surface area contributed by atoms with Gasteiger partial charge in [-0.05, 0) is 30.5 Å². The Morgan fingerprint density at radius 1 is 1.20 bits per heavy atom. The number of hydrogen-bond acceptors (Lipinski definition) is 4. The summed E-state index contributed by atoms with van der Waals surface area (Å²) in [5.74, 6) is 0.173. The van der Waals surface area contributed by atoms with Crippen LogP contribution in [0.3, 0.4) is 0 Å². The van der Waals surface area contributed by atoms with Gasteiger partial charge < -0.3 is 4.57 Å². The summed E-state index contributed by atoms with van der Waals surface area (Å²) in [4.78, 5) is 33.4. The topological polar surface area (TPSA) is 80.6 Å². The number of halogens is 3. The molecule has 25 heavy (non-hydrogen) atoms. The Labute approximate surface area is 139 Å². The molecule has 9 heteroatoms. The molecule has 6 nitrogen and oxygen atoms in total. The molecule has 1 N–H and O–H groups in total. The summed E-state index contributed by atoms with van der Waals surface area (Å²) in [6, 6.07) is 2.28. The van der Waals surface area contributed by atoms with E-state index in [-0.39, 0.29) is 28.5 Å². The van der Waals surface area contributed by atoms with Crippen LogP contribution in [0.2, 0.25) is 0 Å². The summed E-state index contributed by atoms with van der Waals surface area (Å²) in [6.07, 6.45) is -4.53. The van der Waals surface area contributed by atoms with Crippen molar-refractivity contribution in [2.45, 2.75) is 33.5 Å². The quantitative estimate of drug-likeness (QED) is 0.719. The number of hydrogen-bond donors (Lipinski definition) is 1. The smallest absolute Gasteiger partial charge is 0.322 e. The summed E-state index contributed by atoms with van der Waals surface area (Å²) >= 11 is 0. The SMILES string of the molecule is Cc1cc2c(cc1C(F)(F)F)nc1c(=O)[nH]c(=O)nc-1n2CC(C)C. The molecular formula is C16H15F3N4O2. The van der Waals surface area contributed by atoms with E-state index < -0.39 is 23.0 Å². The second-order valence-corrected chi connectivity index (χ2v) is 6.31. The van der Waals surface area contributed by atoms with E-state index in [1.807, 2.05) is 18.8 Å². The Morgan fingerprint density at radius 3 is 2.48 bits per heavy atom. The van der Waals surface area contributed by atoms with Gasteiger partial charge in [-0.1, -0.05) is 13.8 Å². The fourth-order valence-corrected chi connectivity index (χ4v) is 2.80. The summed E-state index contributed by atoms with van der Waals surface area (Å²) in [5.41, 5.74) is -2.12. The van der Waals surface area contributed by atoms with Crippen LogP contribution < -0.4 is 11.2 Å². The van der Waals surface area contributed by atoms with E-state index in [0.717, 1.165) is 6.07 Å². The van der Waals surface area contributed by atoms with Gasteiger partial charge in [-0.2, -0.15) is 18.2 Å². The lowest BCUT2D eigenvalue weighted by atomic mass is 10.1. The maximum absolute atomic E-state index is 13.2. The predicted molar refractivity (Wildman–Crippen MR) is 85.6 cm³/mol. The van der Waals surface area contributed by atoms with Gasteiger partial charge in [0.2, 0.25) is 0 Å². The summed E-state index contributed by atoms with van der Waals surface area (Å²) < 4.78 is 41.1. The Balaban J connectivity index is 2.50. The number of H-pyrrole nitrogens is 1. The van der Waals surface area contributed by atoms with Crippen LogP contribution in [0.15, 0.2) is 21.7 Å². The van der Waals surface area contributed by atoms with E-state index >= 15 is 0 Å². The molecule has 0 radical (unpaired) electrons. The zero-order chi connectivity index (χ0) is 18.5. The van der Waals surface area contributed by atoms with Crippen LogP contribution in [-0.4, -0.2) is 19.5 Å². The van der Waals surface area contributed by atoms with E-state index in [0.29, 0.717) is 12.1 Å². The van der Waals surface area contributed by atoms with Crippen molar-refractivity contribution in [2.75, 3.05) is 0 Å². The third kappa shape index (κ3) is 3.01. The van der Waals surface area contributed by atoms with E-state index in [1.165, 1.54) is 13.0 Å². The largest absolute Gasteiger partial charge is 0.416 e. The molecule has 0 bridgehead atoms. The van der Waals surface area contributed by atoms with E-state index in [1.54, 1.807) is 4.57 Å². The lowest BCUT2D eigenvalue weighted by molar-refractivity contribution is -0.137. The average molecular weight is 352 g/mol. The van der Waals surface area contributed by atoms with Gasteiger partial charge in [0.05, 0.1) is 16.6 Å². The number of nitrogens with zero attached hydrogens (tertiary/aromatic N) is 3. The molecule has 0 atom stereocenters. The molecule has 3 rings (SSSR count). The van der Waals surface area contributed by atoms with Crippen LogP contribution in [0.4, 0.5) is 13.2 Å². The molecule has 1 aromatic rings. The molecule has 0 saturated carbocycles. The lowest BCUT2D eigenvalue weighted by Gasteiger charge is -2.20. The van der Waals surface area contributed by atoms with Crippen molar-refractivity contribution in [1.82, 2.24) is 19.5 Å². The molecule has 0 saturated heterocycles. The first-order valence-corrected chi connectivity index (χ1v) is 7.60. The molecular weight excluding hydrogens is 337 g/mol. The van der Waals surface area contributed by atoms with Gasteiger partial charge in [0.1, 0.15) is 0 Å². The molecule has 2 aliphatic rings. The first-order valence-electron chi connectivity index (χ1n) is 7.60. The van der Waals surface area contributed by atoms with Crippen LogP contribution in [0, 0.1) is 12.8 Å². The fraction of sp³-hybridized carbons (Fsp3) is 0.375. The number of aromatic nitrogens is 4. The van der Waals surface area contributed by atoms with Gasteiger partial charge in [0, 0.05) is 6.54 Å². The molecule has 0 amide bonds. The van der Waals surface area contributed by atoms with Crippen LogP contribution in [0.25, 0.3) is 22.6 Å². The fourth-order valence-electron chi connectivity index (χ4n) is 2.80. The van der Waals surface area contributed by atoms with Crippen molar-refractivity contribution in [2.24, 2.45) is 5.92 Å². The normalized spacial score (nSPS) is 12.4. The van der Waals surface area contributed by atoms with Crippen LogP contribution in [-0.2, 0) is 12.7 Å². The van der Waals surface area contributed by atoms with Crippen LogP contribution in [0.5, 0.6) is 0 Å². The number of nitrogens with one attached hydrogen (secondary N) is 1. The highest BCUT2D eigenvalue weighted by atomic mass is 19.4. The third-order valence-electron chi connectivity index (χ3n) is 3.81. The number of aromatic amines is 1. The second-order valence-electron chi connectivity index (χ2n) is 6.31. The van der Waals surface area contributed by atoms with Crippen molar-refractivity contribution in [1.29, 1.82) is 0 Å². The minimum atomic E-state index is -4.53. The first kappa shape index (κ1) is 17.1. The number of benzene rings is 1. The van der Waals surface area contributed by atoms with Gasteiger partial charge in [-0.15, -0.1) is 0 Å². The molecule has 2 heterocycles. The second kappa shape index (κ2) is 5.68. The van der Waals surface area contributed by atoms with Gasteiger partial charge in [-0.3, -0.25) is 9.78 Å². The maximum Gasteiger partial charge on any atom is 0.416 e. The number of fused-ring (bicyclic) bond motifs is 2. The molecule has 0 aliphatic carbocycles. The average Bonchev–Trinajstić information content (AvgIpc) is 2.46. The summed E-state index contributed by atoms with van der Waals surface area (Å²) in [5, 5.41) is 0. The van der Waals surface area contributed by atoms with Crippen molar-refractivity contribution in [3.05, 3.63) is 44.1 Å². The Kier molecular flexibility index (Phi) is 3.89. The minimum Gasteiger partial charge on any atom is -0.322 e. The van der Waals surface area contributed by atoms with Gasteiger partial charge in [0.15, 0.2) is 11.5 Å². The third-order valence-corrected chi connectivity index (χ3v) is 3.81. The highest BCUT2D eigenvalue weighted by Crippen LogP contribution is 2.34. The Bertz CT molecular complexity index is 1050. The van der Waals surface area contributed by atoms with Gasteiger partial charge >= 0.3 is 11.9 Å². The van der Waals surface area contributed by atoms with Crippen LogP contribution >= 0.6 is 0 Å². The van der Waals surface area contributed by atoms with Gasteiger partial charge in [-0.25, -0.2) is 9.78 Å². The number of alkyl halides is 3. The number of aryl methyl sites for hydroxylation is 1. The molecule has 132 valence electrons. The van der Waals surface area contributed by atoms with Gasteiger partial charge in [0.25, 0.3) is 5.56 Å².